The lowest BCUT2D eigenvalue weighted by Crippen LogP contribution is -2.30. The molecule has 1 aliphatic rings. The van der Waals surface area contributed by atoms with Gasteiger partial charge in [0.25, 0.3) is 0 Å². The molecule has 5 heteroatoms. The van der Waals surface area contributed by atoms with Crippen molar-refractivity contribution in [1.82, 2.24) is 15.0 Å². The van der Waals surface area contributed by atoms with Crippen molar-refractivity contribution in [2.45, 2.75) is 37.5 Å². The Hall–Kier alpha value is -8.82. The van der Waals surface area contributed by atoms with Crippen molar-refractivity contribution in [2.24, 2.45) is 0 Å². The summed E-state index contributed by atoms with van der Waals surface area (Å²) in [6, 6.07) is 93.6. The fourth-order valence-electron chi connectivity index (χ4n) is 11.9. The fraction of sp³-hybridized carbons (Fsp3) is 0.0845. The summed E-state index contributed by atoms with van der Waals surface area (Å²) < 4.78 is 16.2. The van der Waals surface area contributed by atoms with E-state index in [9.17, 15) is 0 Å². The van der Waals surface area contributed by atoms with E-state index in [1.807, 2.05) is 72.8 Å². The minimum absolute atomic E-state index is 0.155. The Bertz CT molecular complexity index is 3850. The fourth-order valence-corrected chi connectivity index (χ4v) is 14.9. The van der Waals surface area contributed by atoms with Gasteiger partial charge in [-0.15, -0.1) is 0 Å². The zero-order valence-corrected chi connectivity index (χ0v) is 43.0. The summed E-state index contributed by atoms with van der Waals surface area (Å²) in [6.07, 6.45) is 5.69. The van der Waals surface area contributed by atoms with Gasteiger partial charge in [-0.25, -0.2) is 15.0 Å². The minimum Gasteiger partial charge on any atom is -0.309 e. The third kappa shape index (κ3) is 8.55. The quantitative estimate of drug-likeness (QED) is 0.0957. The SMILES string of the molecule is O=P(c1ccccc1)(c1ccccc1)c1c2ccccc2c(-c2ccc(C3(c4ccc(-c5nc(-c6ccc(-c7ccccc7)cc6)nc(-c6ccc(-c7ccccc7)cc6)n5)cc4)CCCCC3)cc2)c2ccccc12. The molecule has 11 aromatic carbocycles. The first-order chi connectivity index (χ1) is 37.5. The molecule has 0 unspecified atom stereocenters. The van der Waals surface area contributed by atoms with E-state index in [1.54, 1.807) is 0 Å². The lowest BCUT2D eigenvalue weighted by atomic mass is 9.65. The van der Waals surface area contributed by atoms with Crippen molar-refractivity contribution in [3.05, 3.63) is 278 Å². The molecule has 0 radical (unpaired) electrons. The van der Waals surface area contributed by atoms with Gasteiger partial charge in [0.2, 0.25) is 0 Å². The van der Waals surface area contributed by atoms with E-state index in [4.69, 9.17) is 15.0 Å². The highest BCUT2D eigenvalue weighted by Gasteiger charge is 2.37. The van der Waals surface area contributed by atoms with Gasteiger partial charge >= 0.3 is 0 Å². The molecule has 76 heavy (non-hydrogen) atoms. The zero-order valence-electron chi connectivity index (χ0n) is 42.1. The lowest BCUT2D eigenvalue weighted by Gasteiger charge is -2.39. The van der Waals surface area contributed by atoms with Crippen LogP contribution in [0.15, 0.2) is 267 Å². The molecule has 1 aromatic heterocycles. The largest absolute Gasteiger partial charge is 0.309 e. The molecular formula is C71H54N3OP. The second-order valence-corrected chi connectivity index (χ2v) is 22.8. The van der Waals surface area contributed by atoms with Crippen LogP contribution >= 0.6 is 7.14 Å². The third-order valence-electron chi connectivity index (χ3n) is 15.7. The summed E-state index contributed by atoms with van der Waals surface area (Å²) in [5, 5.41) is 6.77. The molecule has 1 heterocycles. The predicted octanol–water partition coefficient (Wildman–Crippen LogP) is 17.1. The summed E-state index contributed by atoms with van der Waals surface area (Å²) in [6.45, 7) is 0. The molecule has 0 atom stereocenters. The summed E-state index contributed by atoms with van der Waals surface area (Å²) in [7, 11) is -3.34. The molecule has 12 aromatic rings. The van der Waals surface area contributed by atoms with Crippen molar-refractivity contribution in [2.75, 3.05) is 0 Å². The average Bonchev–Trinajstić information content (AvgIpc) is 3.52. The van der Waals surface area contributed by atoms with E-state index in [-0.39, 0.29) is 5.41 Å². The van der Waals surface area contributed by atoms with E-state index in [0.29, 0.717) is 17.5 Å². The highest BCUT2D eigenvalue weighted by atomic mass is 31.2. The van der Waals surface area contributed by atoms with Crippen molar-refractivity contribution < 1.29 is 4.57 Å². The molecule has 0 spiro atoms. The second kappa shape index (κ2) is 20.1. The number of rotatable bonds is 11. The highest BCUT2D eigenvalue weighted by Crippen LogP contribution is 2.50. The first-order valence-electron chi connectivity index (χ1n) is 26.5. The van der Waals surface area contributed by atoms with Gasteiger partial charge in [-0.3, -0.25) is 0 Å². The van der Waals surface area contributed by atoms with Crippen molar-refractivity contribution in [1.29, 1.82) is 0 Å². The number of hydrogen-bond donors (Lipinski definition) is 0. The molecule has 13 rings (SSSR count). The smallest absolute Gasteiger partial charge is 0.172 e. The van der Waals surface area contributed by atoms with Crippen LogP contribution in [0.1, 0.15) is 43.2 Å². The van der Waals surface area contributed by atoms with Gasteiger partial charge in [0.1, 0.15) is 0 Å². The van der Waals surface area contributed by atoms with Crippen LogP contribution in [-0.2, 0) is 9.98 Å². The molecule has 0 bridgehead atoms. The summed E-state index contributed by atoms with van der Waals surface area (Å²) in [5.41, 5.74) is 12.2. The standard InChI is InChI=1S/C71H54N3OP/c75-76(60-24-10-3-11-25-60,61-26-12-4-13-27-61)67-64-30-16-14-28-62(64)66(63-29-15-17-31-65(63)67)54-40-44-58(45-41-54)71(48-18-5-19-49-71)59-46-42-57(43-47-59)70-73-68(55-36-32-52(33-37-55)50-20-6-1-7-21-50)72-69(74-70)56-38-34-53(35-39-56)51-22-8-2-9-23-51/h1-4,6-17,20-47H,5,18-19,48-49H2. The molecule has 364 valence electrons. The van der Waals surface area contributed by atoms with Crippen molar-refractivity contribution in [3.8, 4) is 67.5 Å². The number of aromatic nitrogens is 3. The summed E-state index contributed by atoms with van der Waals surface area (Å²) in [5.74, 6) is 1.91. The van der Waals surface area contributed by atoms with Gasteiger partial charge in [0.15, 0.2) is 24.6 Å². The van der Waals surface area contributed by atoms with Crippen LogP contribution < -0.4 is 15.9 Å². The normalized spacial score (nSPS) is 13.4. The van der Waals surface area contributed by atoms with Crippen LogP contribution in [0.3, 0.4) is 0 Å². The number of hydrogen-bond acceptors (Lipinski definition) is 4. The molecule has 1 saturated carbocycles. The Morgan fingerprint density at radius 2 is 0.592 bits per heavy atom. The first kappa shape index (κ1) is 46.9. The van der Waals surface area contributed by atoms with Crippen LogP contribution in [0.5, 0.6) is 0 Å². The van der Waals surface area contributed by atoms with E-state index < -0.39 is 7.14 Å². The van der Waals surface area contributed by atoms with E-state index in [2.05, 4.69) is 194 Å². The van der Waals surface area contributed by atoms with Crippen LogP contribution in [-0.4, -0.2) is 15.0 Å². The van der Waals surface area contributed by atoms with Crippen molar-refractivity contribution in [3.63, 3.8) is 0 Å². The van der Waals surface area contributed by atoms with Gasteiger partial charge in [-0.05, 0) is 78.9 Å². The lowest BCUT2D eigenvalue weighted by molar-refractivity contribution is 0.346. The maximum absolute atomic E-state index is 16.2. The predicted molar refractivity (Wildman–Crippen MR) is 317 cm³/mol. The van der Waals surface area contributed by atoms with Crippen LogP contribution in [0.2, 0.25) is 0 Å². The van der Waals surface area contributed by atoms with Gasteiger partial charge in [-0.2, -0.15) is 0 Å². The van der Waals surface area contributed by atoms with Gasteiger partial charge in [0, 0.05) is 38.0 Å². The van der Waals surface area contributed by atoms with Gasteiger partial charge < -0.3 is 4.57 Å². The Morgan fingerprint density at radius 3 is 0.987 bits per heavy atom. The highest BCUT2D eigenvalue weighted by molar-refractivity contribution is 7.86. The molecule has 1 fully saturated rings. The Morgan fingerprint density at radius 1 is 0.289 bits per heavy atom. The van der Waals surface area contributed by atoms with Crippen LogP contribution in [0, 0.1) is 0 Å². The molecule has 0 amide bonds. The van der Waals surface area contributed by atoms with E-state index in [1.165, 1.54) is 28.7 Å². The first-order valence-corrected chi connectivity index (χ1v) is 28.2. The van der Waals surface area contributed by atoms with E-state index >= 15 is 4.57 Å². The van der Waals surface area contributed by atoms with Crippen LogP contribution in [0.25, 0.3) is 89.1 Å². The molecule has 0 N–H and O–H groups in total. The Kier molecular flexibility index (Phi) is 12.4. The minimum atomic E-state index is -3.34. The Balaban J connectivity index is 0.879. The van der Waals surface area contributed by atoms with Crippen molar-refractivity contribution >= 4 is 44.6 Å². The topological polar surface area (TPSA) is 55.7 Å². The van der Waals surface area contributed by atoms with Crippen LogP contribution in [0.4, 0.5) is 0 Å². The molecule has 1 aliphatic carbocycles. The molecule has 4 nitrogen and oxygen atoms in total. The zero-order chi connectivity index (χ0) is 50.9. The molecular weight excluding hydrogens is 942 g/mol. The van der Waals surface area contributed by atoms with E-state index in [0.717, 1.165) is 102 Å². The molecule has 0 aliphatic heterocycles. The maximum atomic E-state index is 16.2. The van der Waals surface area contributed by atoms with Gasteiger partial charge in [-0.1, -0.05) is 286 Å². The maximum Gasteiger partial charge on any atom is 0.172 e. The summed E-state index contributed by atoms with van der Waals surface area (Å²) >= 11 is 0. The second-order valence-electron chi connectivity index (χ2n) is 20.1. The summed E-state index contributed by atoms with van der Waals surface area (Å²) in [4.78, 5) is 15.5. The monoisotopic (exact) mass is 995 g/mol. The van der Waals surface area contributed by atoms with Gasteiger partial charge in [0.05, 0.1) is 0 Å². The third-order valence-corrected chi connectivity index (χ3v) is 18.9. The Labute approximate surface area is 444 Å². The number of fused-ring (bicyclic) bond motifs is 2. The molecule has 0 saturated heterocycles. The number of benzene rings is 11. The number of nitrogens with zero attached hydrogens (tertiary/aromatic N) is 3. The average molecular weight is 996 g/mol.